The number of halogens is 1. The summed E-state index contributed by atoms with van der Waals surface area (Å²) in [5.74, 6) is -0.542. The van der Waals surface area contributed by atoms with Crippen molar-refractivity contribution in [1.29, 1.82) is 0 Å². The van der Waals surface area contributed by atoms with Crippen LogP contribution in [0.25, 0.3) is 0 Å². The smallest absolute Gasteiger partial charge is 0.330 e. The van der Waals surface area contributed by atoms with Crippen LogP contribution in [0, 0.1) is 0 Å². The van der Waals surface area contributed by atoms with E-state index in [1.54, 1.807) is 0 Å². The molecular weight excluding hydrogens is 284 g/mol. The van der Waals surface area contributed by atoms with Gasteiger partial charge in [-0.25, -0.2) is 0 Å². The Hall–Kier alpha value is -1.16. The van der Waals surface area contributed by atoms with Crippen LogP contribution >= 0.6 is 15.9 Å². The number of esters is 1. The summed E-state index contributed by atoms with van der Waals surface area (Å²) in [7, 11) is 0. The van der Waals surface area contributed by atoms with Crippen LogP contribution in [0.2, 0.25) is 0 Å². The minimum atomic E-state index is -1.10. The Labute approximate surface area is 108 Å². The fourth-order valence-corrected chi connectivity index (χ4v) is 2.48. The predicted molar refractivity (Wildman–Crippen MR) is 66.8 cm³/mol. The highest BCUT2D eigenvalue weighted by atomic mass is 79.9. The zero-order valence-corrected chi connectivity index (χ0v) is 10.9. The summed E-state index contributed by atoms with van der Waals surface area (Å²) in [5.41, 5.74) is 0.919. The Morgan fingerprint density at radius 1 is 1.35 bits per heavy atom. The average Bonchev–Trinajstić information content (AvgIpc) is 2.69. The zero-order chi connectivity index (χ0) is 12.3. The highest BCUT2D eigenvalue weighted by Crippen LogP contribution is 2.35. The predicted octanol–water partition coefficient (Wildman–Crippen LogP) is 2.62. The number of carbonyl (C=O) groups excluding carboxylic acids is 2. The van der Waals surface area contributed by atoms with Crippen molar-refractivity contribution in [3.8, 4) is 0 Å². The van der Waals surface area contributed by atoms with Crippen molar-refractivity contribution in [2.45, 2.75) is 30.2 Å². The van der Waals surface area contributed by atoms with E-state index >= 15 is 0 Å². The summed E-state index contributed by atoms with van der Waals surface area (Å²) in [5, 5.41) is 0. The topological polar surface area (TPSA) is 43.4 Å². The Bertz CT molecular complexity index is 430. The van der Waals surface area contributed by atoms with Crippen LogP contribution in [0.4, 0.5) is 0 Å². The molecule has 1 fully saturated rings. The Balaban J connectivity index is 1.96. The van der Waals surface area contributed by atoms with Crippen LogP contribution in [0.1, 0.15) is 24.8 Å². The third kappa shape index (κ3) is 2.57. The van der Waals surface area contributed by atoms with Crippen LogP contribution in [0.15, 0.2) is 30.3 Å². The van der Waals surface area contributed by atoms with Crippen molar-refractivity contribution in [2.24, 2.45) is 0 Å². The number of Topliss-reactive ketones (excluding diaryl/α,β-unsaturated/α-hetero) is 1. The van der Waals surface area contributed by atoms with Gasteiger partial charge in [-0.05, 0) is 18.4 Å². The lowest BCUT2D eigenvalue weighted by atomic mass is 10.1. The van der Waals surface area contributed by atoms with Crippen molar-refractivity contribution in [3.05, 3.63) is 35.9 Å². The van der Waals surface area contributed by atoms with Gasteiger partial charge in [0.15, 0.2) is 10.1 Å². The van der Waals surface area contributed by atoms with E-state index in [9.17, 15) is 9.59 Å². The third-order valence-electron chi connectivity index (χ3n) is 2.90. The van der Waals surface area contributed by atoms with Crippen LogP contribution in [0.5, 0.6) is 0 Å². The molecule has 1 aromatic carbocycles. The number of hydrogen-bond acceptors (Lipinski definition) is 3. The van der Waals surface area contributed by atoms with Crippen molar-refractivity contribution in [3.63, 3.8) is 0 Å². The molecule has 0 aliphatic heterocycles. The van der Waals surface area contributed by atoms with Crippen LogP contribution in [0.3, 0.4) is 0 Å². The molecule has 2 rings (SSSR count). The highest BCUT2D eigenvalue weighted by molar-refractivity contribution is 9.10. The van der Waals surface area contributed by atoms with Crippen molar-refractivity contribution >= 4 is 27.7 Å². The third-order valence-corrected chi connectivity index (χ3v) is 4.07. The minimum Gasteiger partial charge on any atom is -0.459 e. The van der Waals surface area contributed by atoms with Gasteiger partial charge < -0.3 is 4.74 Å². The average molecular weight is 297 g/mol. The van der Waals surface area contributed by atoms with E-state index in [0.717, 1.165) is 12.0 Å². The summed E-state index contributed by atoms with van der Waals surface area (Å²) < 4.78 is 4.08. The maximum Gasteiger partial charge on any atom is 0.330 e. The summed E-state index contributed by atoms with van der Waals surface area (Å²) in [6.07, 6.45) is 1.72. The second-order valence-corrected chi connectivity index (χ2v) is 5.49. The SMILES string of the molecule is O=C1CCCC1(Br)C(=O)OCc1ccccc1. The van der Waals surface area contributed by atoms with Gasteiger partial charge in [-0.1, -0.05) is 46.3 Å². The molecule has 0 bridgehead atoms. The molecule has 0 radical (unpaired) electrons. The van der Waals surface area contributed by atoms with E-state index in [1.807, 2.05) is 30.3 Å². The first-order valence-electron chi connectivity index (χ1n) is 5.56. The molecule has 1 aliphatic rings. The number of benzene rings is 1. The number of hydrogen-bond donors (Lipinski definition) is 0. The van der Waals surface area contributed by atoms with Crippen molar-refractivity contribution < 1.29 is 14.3 Å². The molecular formula is C13H13BrO3. The molecule has 0 N–H and O–H groups in total. The van der Waals surface area contributed by atoms with E-state index in [1.165, 1.54) is 0 Å². The van der Waals surface area contributed by atoms with Gasteiger partial charge in [0.25, 0.3) is 0 Å². The Morgan fingerprint density at radius 2 is 2.06 bits per heavy atom. The highest BCUT2D eigenvalue weighted by Gasteiger charge is 2.47. The lowest BCUT2D eigenvalue weighted by Gasteiger charge is -2.17. The first-order chi connectivity index (χ1) is 8.13. The number of carbonyl (C=O) groups is 2. The van der Waals surface area contributed by atoms with Gasteiger partial charge in [-0.3, -0.25) is 9.59 Å². The number of alkyl halides is 1. The molecule has 0 heterocycles. The molecule has 0 saturated heterocycles. The minimum absolute atomic E-state index is 0.0736. The van der Waals surface area contributed by atoms with Crippen molar-refractivity contribution in [2.75, 3.05) is 0 Å². The standard InChI is InChI=1S/C13H13BrO3/c14-13(8-4-7-11(13)15)12(16)17-9-10-5-2-1-3-6-10/h1-3,5-6H,4,7-9H2. The van der Waals surface area contributed by atoms with Gasteiger partial charge >= 0.3 is 5.97 Å². The molecule has 17 heavy (non-hydrogen) atoms. The maximum absolute atomic E-state index is 11.9. The van der Waals surface area contributed by atoms with E-state index in [2.05, 4.69) is 15.9 Å². The second kappa shape index (κ2) is 5.00. The maximum atomic E-state index is 11.9. The van der Waals surface area contributed by atoms with Gasteiger partial charge in [0.2, 0.25) is 0 Å². The molecule has 1 saturated carbocycles. The summed E-state index contributed by atoms with van der Waals surface area (Å²) >= 11 is 3.23. The fraction of sp³-hybridized carbons (Fsp3) is 0.385. The van der Waals surface area contributed by atoms with Gasteiger partial charge in [0.05, 0.1) is 0 Å². The Kier molecular flexibility index (Phi) is 3.62. The molecule has 1 aliphatic carbocycles. The van der Waals surface area contributed by atoms with Crippen molar-refractivity contribution in [1.82, 2.24) is 0 Å². The molecule has 0 spiro atoms. The van der Waals surface area contributed by atoms with Gasteiger partial charge in [0.1, 0.15) is 6.61 Å². The van der Waals surface area contributed by atoms with Gasteiger partial charge in [-0.15, -0.1) is 0 Å². The van der Waals surface area contributed by atoms with Gasteiger partial charge in [-0.2, -0.15) is 0 Å². The number of ketones is 1. The van der Waals surface area contributed by atoms with Gasteiger partial charge in [0, 0.05) is 6.42 Å². The fourth-order valence-electron chi connectivity index (χ4n) is 1.88. The number of ether oxygens (including phenoxy) is 1. The lowest BCUT2D eigenvalue weighted by molar-refractivity contribution is -0.149. The molecule has 3 nitrogen and oxygen atoms in total. The molecule has 0 amide bonds. The van der Waals surface area contributed by atoms with Crippen LogP contribution < -0.4 is 0 Å². The zero-order valence-electron chi connectivity index (χ0n) is 9.32. The quantitative estimate of drug-likeness (QED) is 0.489. The number of rotatable bonds is 3. The van der Waals surface area contributed by atoms with E-state index in [-0.39, 0.29) is 12.4 Å². The monoisotopic (exact) mass is 296 g/mol. The van der Waals surface area contributed by atoms with Crippen LogP contribution in [-0.4, -0.2) is 16.1 Å². The first kappa shape index (κ1) is 12.3. The molecule has 0 aromatic heterocycles. The Morgan fingerprint density at radius 3 is 2.65 bits per heavy atom. The normalized spacial score (nSPS) is 23.7. The first-order valence-corrected chi connectivity index (χ1v) is 6.35. The van der Waals surface area contributed by atoms with E-state index in [4.69, 9.17) is 4.74 Å². The summed E-state index contributed by atoms with van der Waals surface area (Å²) in [6, 6.07) is 9.43. The largest absolute Gasteiger partial charge is 0.459 e. The molecule has 90 valence electrons. The molecule has 1 aromatic rings. The summed E-state index contributed by atoms with van der Waals surface area (Å²) in [6.45, 7) is 0.209. The van der Waals surface area contributed by atoms with E-state index in [0.29, 0.717) is 12.8 Å². The van der Waals surface area contributed by atoms with Crippen LogP contribution in [-0.2, 0) is 20.9 Å². The molecule has 4 heteroatoms. The molecule has 1 atom stereocenters. The molecule has 1 unspecified atom stereocenters. The summed E-state index contributed by atoms with van der Waals surface area (Å²) in [4.78, 5) is 23.5. The second-order valence-electron chi connectivity index (χ2n) is 4.14. The lowest BCUT2D eigenvalue weighted by Crippen LogP contribution is -2.37. The van der Waals surface area contributed by atoms with E-state index < -0.39 is 10.3 Å².